The number of methoxy groups -OCH3 is 1. The second-order valence-electron chi connectivity index (χ2n) is 2.77. The molecule has 0 bridgehead atoms. The zero-order valence-electron chi connectivity index (χ0n) is 6.96. The normalized spacial score (nSPS) is 24.9. The Hall–Kier alpha value is -0.770. The molecule has 11 heavy (non-hydrogen) atoms. The molecule has 4 heteroatoms. The monoisotopic (exact) mass is 158 g/mol. The smallest absolute Gasteiger partial charge is 0.409 e. The molecule has 0 aliphatic carbocycles. The number of hydrogen-bond acceptors (Lipinski definition) is 3. The van der Waals surface area contributed by atoms with Gasteiger partial charge in [-0.25, -0.2) is 4.79 Å². The summed E-state index contributed by atoms with van der Waals surface area (Å²) in [4.78, 5) is 12.7. The molecule has 0 aromatic carbocycles. The third-order valence-corrected chi connectivity index (χ3v) is 1.80. The van der Waals surface area contributed by atoms with Crippen LogP contribution in [0.2, 0.25) is 0 Å². The molecule has 1 fully saturated rings. The van der Waals surface area contributed by atoms with Crippen molar-refractivity contribution in [2.75, 3.05) is 26.7 Å². The highest BCUT2D eigenvalue weighted by atomic mass is 16.5. The van der Waals surface area contributed by atoms with E-state index < -0.39 is 0 Å². The van der Waals surface area contributed by atoms with Crippen molar-refractivity contribution in [2.45, 2.75) is 13.0 Å². The SMILES string of the molecule is COC(=O)N1CCN[C@@H](C)C1. The fraction of sp³-hybridized carbons (Fsp3) is 0.857. The van der Waals surface area contributed by atoms with Crippen LogP contribution in [0, 0.1) is 0 Å². The van der Waals surface area contributed by atoms with Crippen molar-refractivity contribution >= 4 is 6.09 Å². The Labute approximate surface area is 66.5 Å². The molecule has 1 N–H and O–H groups in total. The molecule has 4 nitrogen and oxygen atoms in total. The maximum Gasteiger partial charge on any atom is 0.409 e. The minimum atomic E-state index is -0.224. The van der Waals surface area contributed by atoms with Crippen LogP contribution >= 0.6 is 0 Å². The van der Waals surface area contributed by atoms with Gasteiger partial charge in [-0.2, -0.15) is 0 Å². The number of carbonyl (C=O) groups is 1. The van der Waals surface area contributed by atoms with Gasteiger partial charge in [0.25, 0.3) is 0 Å². The van der Waals surface area contributed by atoms with Gasteiger partial charge >= 0.3 is 6.09 Å². The molecule has 0 spiro atoms. The molecular formula is C7H14N2O2. The van der Waals surface area contributed by atoms with E-state index in [1.165, 1.54) is 7.11 Å². The van der Waals surface area contributed by atoms with Gasteiger partial charge in [0, 0.05) is 25.7 Å². The lowest BCUT2D eigenvalue weighted by molar-refractivity contribution is 0.111. The Morgan fingerprint density at radius 2 is 2.45 bits per heavy atom. The van der Waals surface area contributed by atoms with Gasteiger partial charge in [-0.3, -0.25) is 0 Å². The first kappa shape index (κ1) is 8.33. The van der Waals surface area contributed by atoms with Gasteiger partial charge in [0.05, 0.1) is 7.11 Å². The van der Waals surface area contributed by atoms with E-state index in [-0.39, 0.29) is 6.09 Å². The Morgan fingerprint density at radius 3 is 3.00 bits per heavy atom. The first-order chi connectivity index (χ1) is 5.24. The van der Waals surface area contributed by atoms with E-state index in [2.05, 4.69) is 17.0 Å². The summed E-state index contributed by atoms with van der Waals surface area (Å²) in [7, 11) is 1.41. The first-order valence-corrected chi connectivity index (χ1v) is 3.80. The van der Waals surface area contributed by atoms with Gasteiger partial charge in [0.15, 0.2) is 0 Å². The molecule has 0 saturated carbocycles. The van der Waals surface area contributed by atoms with Crippen LogP contribution in [0.4, 0.5) is 4.79 Å². The van der Waals surface area contributed by atoms with Crippen LogP contribution in [0.15, 0.2) is 0 Å². The third kappa shape index (κ3) is 2.08. The van der Waals surface area contributed by atoms with Crippen molar-refractivity contribution in [1.82, 2.24) is 10.2 Å². The Kier molecular flexibility index (Phi) is 2.70. The van der Waals surface area contributed by atoms with E-state index in [0.29, 0.717) is 6.04 Å². The molecule has 1 aliphatic heterocycles. The Balaban J connectivity index is 2.39. The summed E-state index contributed by atoms with van der Waals surface area (Å²) in [5, 5.41) is 3.24. The van der Waals surface area contributed by atoms with Crippen molar-refractivity contribution in [3.63, 3.8) is 0 Å². The molecule has 1 amide bonds. The molecule has 0 radical (unpaired) electrons. The summed E-state index contributed by atoms with van der Waals surface area (Å²) in [5.41, 5.74) is 0. The number of carbonyl (C=O) groups excluding carboxylic acids is 1. The van der Waals surface area contributed by atoms with E-state index in [1.807, 2.05) is 0 Å². The summed E-state index contributed by atoms with van der Waals surface area (Å²) in [6.45, 7) is 4.40. The standard InChI is InChI=1S/C7H14N2O2/c1-6-5-9(4-3-8-6)7(10)11-2/h6,8H,3-5H2,1-2H3/t6-/m0/s1. The predicted octanol–water partition coefficient (Wildman–Crippen LogP) is 0.0465. The topological polar surface area (TPSA) is 41.6 Å². The molecular weight excluding hydrogens is 144 g/mol. The maximum absolute atomic E-state index is 11.0. The Bertz CT molecular complexity index is 149. The number of nitrogens with zero attached hydrogens (tertiary/aromatic N) is 1. The van der Waals surface area contributed by atoms with E-state index in [0.717, 1.165) is 19.6 Å². The Morgan fingerprint density at radius 1 is 1.73 bits per heavy atom. The molecule has 0 aromatic heterocycles. The molecule has 64 valence electrons. The van der Waals surface area contributed by atoms with E-state index >= 15 is 0 Å². The van der Waals surface area contributed by atoms with Gasteiger partial charge in [-0.05, 0) is 6.92 Å². The zero-order chi connectivity index (χ0) is 8.27. The second kappa shape index (κ2) is 3.57. The summed E-state index contributed by atoms with van der Waals surface area (Å²) in [6, 6.07) is 0.378. The highest BCUT2D eigenvalue weighted by Crippen LogP contribution is 1.99. The molecule has 1 saturated heterocycles. The number of amides is 1. The second-order valence-corrected chi connectivity index (χ2v) is 2.77. The molecule has 0 unspecified atom stereocenters. The summed E-state index contributed by atoms with van der Waals surface area (Å²) in [5.74, 6) is 0. The summed E-state index contributed by atoms with van der Waals surface area (Å²) >= 11 is 0. The number of ether oxygens (including phenoxy) is 1. The molecule has 1 rings (SSSR count). The predicted molar refractivity (Wildman–Crippen MR) is 41.4 cm³/mol. The van der Waals surface area contributed by atoms with Crippen LogP contribution in [-0.4, -0.2) is 43.8 Å². The minimum Gasteiger partial charge on any atom is -0.453 e. The zero-order valence-corrected chi connectivity index (χ0v) is 6.96. The van der Waals surface area contributed by atoms with Crippen molar-refractivity contribution in [1.29, 1.82) is 0 Å². The quantitative estimate of drug-likeness (QED) is 0.541. The maximum atomic E-state index is 11.0. The van der Waals surface area contributed by atoms with Crippen LogP contribution in [0.5, 0.6) is 0 Å². The lowest BCUT2D eigenvalue weighted by atomic mass is 10.2. The van der Waals surface area contributed by atoms with Gasteiger partial charge in [0.2, 0.25) is 0 Å². The van der Waals surface area contributed by atoms with Crippen molar-refractivity contribution in [3.8, 4) is 0 Å². The molecule has 1 aliphatic rings. The van der Waals surface area contributed by atoms with E-state index in [4.69, 9.17) is 0 Å². The van der Waals surface area contributed by atoms with Crippen LogP contribution in [-0.2, 0) is 4.74 Å². The average Bonchev–Trinajstić information content (AvgIpc) is 2.03. The largest absolute Gasteiger partial charge is 0.453 e. The van der Waals surface area contributed by atoms with Gasteiger partial charge in [-0.15, -0.1) is 0 Å². The van der Waals surface area contributed by atoms with Crippen molar-refractivity contribution in [3.05, 3.63) is 0 Å². The number of piperazine rings is 1. The van der Waals surface area contributed by atoms with Crippen LogP contribution in [0.3, 0.4) is 0 Å². The number of rotatable bonds is 0. The van der Waals surface area contributed by atoms with Gasteiger partial charge in [-0.1, -0.05) is 0 Å². The van der Waals surface area contributed by atoms with Crippen LogP contribution in [0.25, 0.3) is 0 Å². The molecule has 1 atom stereocenters. The summed E-state index contributed by atoms with van der Waals surface area (Å²) in [6.07, 6.45) is -0.224. The fourth-order valence-electron chi connectivity index (χ4n) is 1.23. The lowest BCUT2D eigenvalue weighted by Gasteiger charge is -2.30. The first-order valence-electron chi connectivity index (χ1n) is 3.80. The van der Waals surface area contributed by atoms with Gasteiger partial charge < -0.3 is 15.0 Å². The average molecular weight is 158 g/mol. The lowest BCUT2D eigenvalue weighted by Crippen LogP contribution is -2.51. The van der Waals surface area contributed by atoms with Crippen LogP contribution < -0.4 is 5.32 Å². The highest BCUT2D eigenvalue weighted by Gasteiger charge is 2.20. The summed E-state index contributed by atoms with van der Waals surface area (Å²) < 4.78 is 4.60. The fourth-order valence-corrected chi connectivity index (χ4v) is 1.23. The molecule has 1 heterocycles. The van der Waals surface area contributed by atoms with Crippen LogP contribution in [0.1, 0.15) is 6.92 Å². The number of nitrogens with one attached hydrogen (secondary N) is 1. The van der Waals surface area contributed by atoms with Gasteiger partial charge in [0.1, 0.15) is 0 Å². The van der Waals surface area contributed by atoms with E-state index in [9.17, 15) is 4.79 Å². The van der Waals surface area contributed by atoms with Crippen molar-refractivity contribution in [2.24, 2.45) is 0 Å². The third-order valence-electron chi connectivity index (χ3n) is 1.80. The minimum absolute atomic E-state index is 0.224. The van der Waals surface area contributed by atoms with E-state index in [1.54, 1.807) is 4.90 Å². The molecule has 0 aromatic rings. The van der Waals surface area contributed by atoms with Crippen molar-refractivity contribution < 1.29 is 9.53 Å². The number of hydrogen-bond donors (Lipinski definition) is 1. The highest BCUT2D eigenvalue weighted by molar-refractivity contribution is 5.67.